The minimum atomic E-state index is -0.0657. The Labute approximate surface area is 420 Å². The van der Waals surface area contributed by atoms with E-state index in [1.807, 2.05) is 42.6 Å². The van der Waals surface area contributed by atoms with Gasteiger partial charge in [0.05, 0.1) is 5.52 Å². The summed E-state index contributed by atoms with van der Waals surface area (Å²) in [6.07, 6.45) is 1.89. The second-order valence-corrected chi connectivity index (χ2v) is 21.1. The van der Waals surface area contributed by atoms with Crippen molar-refractivity contribution >= 4 is 55.7 Å². The fraction of sp³-hybridized carbons (Fsp3) is 0.194. The molecule has 348 valence electrons. The number of aromatic nitrogens is 2. The first kappa shape index (κ1) is 45.9. The number of furan rings is 1. The molecule has 0 fully saturated rings. The molecule has 1 aliphatic rings. The van der Waals surface area contributed by atoms with Crippen molar-refractivity contribution in [2.24, 2.45) is 0 Å². The van der Waals surface area contributed by atoms with E-state index in [2.05, 4.69) is 217 Å². The van der Waals surface area contributed by atoms with Crippen LogP contribution in [-0.2, 0) is 37.3 Å². The van der Waals surface area contributed by atoms with Gasteiger partial charge in [0.1, 0.15) is 17.0 Å². The van der Waals surface area contributed by atoms with Crippen LogP contribution in [0.15, 0.2) is 168 Å². The van der Waals surface area contributed by atoms with Gasteiger partial charge in [0, 0.05) is 72.3 Å². The maximum absolute atomic E-state index is 6.71. The number of nitrogens with zero attached hydrogens (tertiary/aromatic N) is 4. The van der Waals surface area contributed by atoms with Gasteiger partial charge in [-0.1, -0.05) is 164 Å². The van der Waals surface area contributed by atoms with Crippen molar-refractivity contribution in [1.29, 1.82) is 0 Å². The molecule has 10 aromatic rings. The van der Waals surface area contributed by atoms with E-state index in [-0.39, 0.29) is 37.3 Å². The van der Waals surface area contributed by atoms with Crippen LogP contribution >= 0.6 is 0 Å². The van der Waals surface area contributed by atoms with Crippen LogP contribution in [0.2, 0.25) is 0 Å². The largest absolute Gasteiger partial charge is 0.509 e. The first-order valence-corrected chi connectivity index (χ1v) is 23.5. The molecule has 1 aliphatic heterocycles. The zero-order chi connectivity index (χ0) is 47.1. The van der Waals surface area contributed by atoms with Crippen molar-refractivity contribution < 1.29 is 30.2 Å². The molecule has 0 unspecified atom stereocenters. The van der Waals surface area contributed by atoms with Gasteiger partial charge in [-0.05, 0) is 80.5 Å². The van der Waals surface area contributed by atoms with Crippen molar-refractivity contribution in [2.45, 2.75) is 78.6 Å². The first-order valence-electron chi connectivity index (χ1n) is 23.5. The number of rotatable bonds is 7. The van der Waals surface area contributed by atoms with Gasteiger partial charge in [-0.3, -0.25) is 0 Å². The number of benzene rings is 7. The molecule has 0 amide bonds. The van der Waals surface area contributed by atoms with Crippen LogP contribution in [-0.4, -0.2) is 9.55 Å². The van der Waals surface area contributed by atoms with Gasteiger partial charge in [0.2, 0.25) is 0 Å². The van der Waals surface area contributed by atoms with E-state index in [1.165, 1.54) is 16.7 Å². The maximum atomic E-state index is 6.71. The van der Waals surface area contributed by atoms with E-state index < -0.39 is 0 Å². The Morgan fingerprint density at radius 1 is 0.536 bits per heavy atom. The van der Waals surface area contributed by atoms with E-state index in [0.717, 1.165) is 83.8 Å². The molecule has 0 saturated carbocycles. The van der Waals surface area contributed by atoms with Crippen LogP contribution in [0.3, 0.4) is 0 Å². The molecule has 0 N–H and O–H groups in total. The summed E-state index contributed by atoms with van der Waals surface area (Å²) in [7, 11) is 0. The van der Waals surface area contributed by atoms with E-state index in [0.29, 0.717) is 11.5 Å². The topological polar surface area (TPSA) is 46.7 Å². The normalized spacial score (nSPS) is 13.1. The van der Waals surface area contributed by atoms with Crippen LogP contribution < -0.4 is 14.5 Å². The standard InChI is InChI=1S/C62H55N4O2.Pt/c1-60(2,3)42-28-24-40(25-29-42)48-19-15-20-49(41-26-30-43(31-27-41)61(4,5)6)57(48)65-39-64(52-21-11-12-22-53(52)65)45-16-14-17-46(37-45)67-47-32-33-50-54(38-47)66(56-36-44(34-35-63-56)62(7,8)9)58-51-18-10-13-23-55(51)68-59(50)58;/h10-36,39H,1-9H3;/q-3;. The molecule has 0 radical (unpaired) electrons. The molecule has 0 atom stereocenters. The minimum Gasteiger partial charge on any atom is -0.509 e. The molecule has 7 aromatic carbocycles. The smallest absolute Gasteiger partial charge is 0.136 e. The molecule has 0 spiro atoms. The summed E-state index contributed by atoms with van der Waals surface area (Å²) in [4.78, 5) is 9.46. The fourth-order valence-corrected chi connectivity index (χ4v) is 9.47. The zero-order valence-electron chi connectivity index (χ0n) is 40.6. The van der Waals surface area contributed by atoms with E-state index >= 15 is 0 Å². The molecule has 0 bridgehead atoms. The summed E-state index contributed by atoms with van der Waals surface area (Å²) in [5, 5.41) is 1.95. The average molecular weight is 1080 g/mol. The number of hydrogen-bond acceptors (Lipinski definition) is 5. The number of pyridine rings is 1. The summed E-state index contributed by atoms with van der Waals surface area (Å²) in [6.45, 7) is 22.4. The predicted molar refractivity (Wildman–Crippen MR) is 281 cm³/mol. The Morgan fingerprint density at radius 2 is 1.12 bits per heavy atom. The molecule has 69 heavy (non-hydrogen) atoms. The third-order valence-corrected chi connectivity index (χ3v) is 13.3. The third kappa shape index (κ3) is 8.33. The van der Waals surface area contributed by atoms with Crippen LogP contribution in [0.1, 0.15) is 79.0 Å². The molecular formula is C62H55N4O2Pt-3. The van der Waals surface area contributed by atoms with Gasteiger partial charge in [-0.15, -0.1) is 42.7 Å². The SMILES string of the molecule is CC(C)(C)c1ccc(-c2cccc(-c3ccc(C(C)(C)C)cc3)c2N2[CH-]N(c3[c-]c(Oc4[c-]c5c(cc4)c4oc6ccccc6c4n5-c4cc(C(C)(C)C)ccn4)ccc3)c3ccccc32)cc1.[Pt]. The minimum absolute atomic E-state index is 0. The summed E-state index contributed by atoms with van der Waals surface area (Å²) < 4.78 is 15.4. The molecule has 0 saturated heterocycles. The Balaban J connectivity index is 0.00000553. The van der Waals surface area contributed by atoms with Gasteiger partial charge in [0.25, 0.3) is 0 Å². The van der Waals surface area contributed by atoms with E-state index in [1.54, 1.807) is 0 Å². The summed E-state index contributed by atoms with van der Waals surface area (Å²) >= 11 is 0. The van der Waals surface area contributed by atoms with E-state index in [9.17, 15) is 0 Å². The number of hydrogen-bond donors (Lipinski definition) is 0. The van der Waals surface area contributed by atoms with Crippen LogP contribution in [0.5, 0.6) is 11.5 Å². The fourth-order valence-electron chi connectivity index (χ4n) is 9.47. The van der Waals surface area contributed by atoms with Gasteiger partial charge in [-0.2, -0.15) is 12.1 Å². The van der Waals surface area contributed by atoms with Gasteiger partial charge >= 0.3 is 0 Å². The third-order valence-electron chi connectivity index (χ3n) is 13.3. The second kappa shape index (κ2) is 17.3. The quantitative estimate of drug-likeness (QED) is 0.149. The predicted octanol–water partition coefficient (Wildman–Crippen LogP) is 17.0. The summed E-state index contributed by atoms with van der Waals surface area (Å²) in [6, 6.07) is 63.2. The summed E-state index contributed by atoms with van der Waals surface area (Å²) in [5.74, 6) is 1.93. The number of fused-ring (bicyclic) bond motifs is 6. The van der Waals surface area contributed by atoms with Crippen LogP contribution in [0.4, 0.5) is 22.7 Å². The maximum Gasteiger partial charge on any atom is 0.136 e. The summed E-state index contributed by atoms with van der Waals surface area (Å²) in [5.41, 5.74) is 15.9. The molecule has 3 aromatic heterocycles. The Morgan fingerprint density at radius 3 is 1.75 bits per heavy atom. The van der Waals surface area contributed by atoms with Crippen molar-refractivity contribution in [3.63, 3.8) is 0 Å². The average Bonchev–Trinajstić information content (AvgIpc) is 4.00. The van der Waals surface area contributed by atoms with Gasteiger partial charge in [-0.25, -0.2) is 4.98 Å². The van der Waals surface area contributed by atoms with Crippen molar-refractivity contribution in [3.8, 4) is 39.6 Å². The van der Waals surface area contributed by atoms with E-state index in [4.69, 9.17) is 14.1 Å². The number of anilines is 4. The van der Waals surface area contributed by atoms with Crippen LogP contribution in [0.25, 0.3) is 61.0 Å². The van der Waals surface area contributed by atoms with Crippen molar-refractivity contribution in [2.75, 3.05) is 9.80 Å². The molecule has 11 rings (SSSR count). The van der Waals surface area contributed by atoms with Gasteiger partial charge < -0.3 is 23.5 Å². The number of para-hydroxylation sites is 4. The Kier molecular flexibility index (Phi) is 11.5. The van der Waals surface area contributed by atoms with Gasteiger partial charge in [0.15, 0.2) is 0 Å². The van der Waals surface area contributed by atoms with Crippen LogP contribution in [0, 0.1) is 18.8 Å². The molecule has 6 nitrogen and oxygen atoms in total. The van der Waals surface area contributed by atoms with Crippen molar-refractivity contribution in [3.05, 3.63) is 199 Å². The molecule has 0 aliphatic carbocycles. The second-order valence-electron chi connectivity index (χ2n) is 21.1. The Hall–Kier alpha value is -6.88. The number of ether oxygens (including phenoxy) is 1. The first-order chi connectivity index (χ1) is 32.6. The Bertz CT molecular complexity index is 3450. The molecular weight excluding hydrogens is 1030 g/mol. The molecule has 4 heterocycles. The van der Waals surface area contributed by atoms with Crippen molar-refractivity contribution in [1.82, 2.24) is 9.55 Å². The molecule has 7 heteroatoms. The zero-order valence-corrected chi connectivity index (χ0v) is 42.9. The monoisotopic (exact) mass is 1080 g/mol.